The monoisotopic (exact) mass is 502 g/mol. The van der Waals surface area contributed by atoms with Crippen LogP contribution in [0, 0.1) is 10.1 Å². The number of rotatable bonds is 10. The van der Waals surface area contributed by atoms with Crippen LogP contribution in [0.1, 0.15) is 5.56 Å². The molecule has 0 aliphatic heterocycles. The van der Waals surface area contributed by atoms with E-state index in [1.54, 1.807) is 36.7 Å². The normalized spacial score (nSPS) is 11.9. The Kier molecular flexibility index (Phi) is 7.84. The van der Waals surface area contributed by atoms with Crippen molar-refractivity contribution in [3.63, 3.8) is 0 Å². The SMILES string of the molecule is CN(C/C=C/c1ccc([N+](=O)[O-])cc1)CCNS(=O)(=O)c1cc(-c2ccccc2)cc2cnccc12. The molecule has 0 amide bonds. The number of hydrogen-bond donors (Lipinski definition) is 1. The van der Waals surface area contributed by atoms with Gasteiger partial charge in [-0.05, 0) is 54.1 Å². The number of nitrogens with zero attached hydrogens (tertiary/aromatic N) is 3. The Morgan fingerprint density at radius 1 is 1.03 bits per heavy atom. The lowest BCUT2D eigenvalue weighted by atomic mass is 10.0. The number of non-ortho nitro benzene ring substituents is 1. The number of likely N-dealkylation sites (N-methyl/N-ethyl adjacent to an activating group) is 1. The third kappa shape index (κ3) is 6.19. The Morgan fingerprint density at radius 3 is 2.50 bits per heavy atom. The summed E-state index contributed by atoms with van der Waals surface area (Å²) < 4.78 is 29.3. The van der Waals surface area contributed by atoms with Gasteiger partial charge in [0.25, 0.3) is 5.69 Å². The standard InChI is InChI=1S/C27H26N4O4S/c1-30(16-5-6-21-9-11-25(12-10-21)31(32)33)17-15-29-36(34,35)27-19-23(22-7-3-2-4-8-22)18-24-20-28-14-13-26(24)27/h2-14,18-20,29H,15-17H2,1H3/b6-5+. The summed E-state index contributed by atoms with van der Waals surface area (Å²) in [5.41, 5.74) is 2.65. The average molecular weight is 503 g/mol. The topological polar surface area (TPSA) is 105 Å². The number of aromatic nitrogens is 1. The maximum absolute atomic E-state index is 13.3. The van der Waals surface area contributed by atoms with Crippen molar-refractivity contribution >= 4 is 32.6 Å². The summed E-state index contributed by atoms with van der Waals surface area (Å²) in [4.78, 5) is 16.7. The maximum atomic E-state index is 13.3. The molecule has 0 radical (unpaired) electrons. The van der Waals surface area contributed by atoms with Crippen molar-refractivity contribution in [1.82, 2.24) is 14.6 Å². The average Bonchev–Trinajstić information content (AvgIpc) is 2.88. The van der Waals surface area contributed by atoms with Crippen LogP contribution in [-0.2, 0) is 10.0 Å². The molecular formula is C27H26N4O4S. The van der Waals surface area contributed by atoms with Crippen LogP contribution in [-0.4, -0.2) is 49.9 Å². The molecule has 36 heavy (non-hydrogen) atoms. The van der Waals surface area contributed by atoms with Gasteiger partial charge in [-0.25, -0.2) is 13.1 Å². The second kappa shape index (κ2) is 11.2. The fraction of sp³-hybridized carbons (Fsp3) is 0.148. The van der Waals surface area contributed by atoms with Gasteiger partial charge in [-0.2, -0.15) is 0 Å². The number of sulfonamides is 1. The van der Waals surface area contributed by atoms with Gasteiger partial charge >= 0.3 is 0 Å². The van der Waals surface area contributed by atoms with Gasteiger partial charge in [-0.3, -0.25) is 15.1 Å². The van der Waals surface area contributed by atoms with Crippen molar-refractivity contribution in [3.05, 3.63) is 107 Å². The van der Waals surface area contributed by atoms with Crippen molar-refractivity contribution in [3.8, 4) is 11.1 Å². The summed E-state index contributed by atoms with van der Waals surface area (Å²) in [6, 6.07) is 21.3. The third-order valence-corrected chi connectivity index (χ3v) is 7.23. The van der Waals surface area contributed by atoms with Crippen LogP contribution in [0.25, 0.3) is 28.0 Å². The summed E-state index contributed by atoms with van der Waals surface area (Å²) in [5, 5.41) is 12.1. The highest BCUT2D eigenvalue weighted by atomic mass is 32.2. The lowest BCUT2D eigenvalue weighted by molar-refractivity contribution is -0.384. The smallest absolute Gasteiger partial charge is 0.269 e. The second-order valence-corrected chi connectivity index (χ2v) is 10.1. The van der Waals surface area contributed by atoms with Crippen LogP contribution in [0.4, 0.5) is 5.69 Å². The molecule has 1 N–H and O–H groups in total. The molecule has 4 aromatic rings. The molecule has 4 rings (SSSR count). The third-order valence-electron chi connectivity index (χ3n) is 5.73. The van der Waals surface area contributed by atoms with Crippen LogP contribution in [0.2, 0.25) is 0 Å². The number of hydrogen-bond acceptors (Lipinski definition) is 6. The molecular weight excluding hydrogens is 476 g/mol. The van der Waals surface area contributed by atoms with E-state index in [1.807, 2.05) is 60.5 Å². The van der Waals surface area contributed by atoms with Gasteiger partial charge in [0.15, 0.2) is 0 Å². The first-order chi connectivity index (χ1) is 17.3. The van der Waals surface area contributed by atoms with Crippen molar-refractivity contribution < 1.29 is 13.3 Å². The second-order valence-electron chi connectivity index (χ2n) is 8.35. The largest absolute Gasteiger partial charge is 0.301 e. The fourth-order valence-corrected chi connectivity index (χ4v) is 5.08. The summed E-state index contributed by atoms with van der Waals surface area (Å²) in [7, 11) is -1.87. The zero-order chi connectivity index (χ0) is 25.5. The molecule has 0 spiro atoms. The first-order valence-corrected chi connectivity index (χ1v) is 12.8. The highest BCUT2D eigenvalue weighted by Crippen LogP contribution is 2.30. The minimum absolute atomic E-state index is 0.0508. The van der Waals surface area contributed by atoms with Crippen molar-refractivity contribution in [2.45, 2.75) is 4.90 Å². The van der Waals surface area contributed by atoms with Crippen LogP contribution < -0.4 is 4.72 Å². The molecule has 3 aromatic carbocycles. The van der Waals surface area contributed by atoms with E-state index in [-0.39, 0.29) is 17.1 Å². The van der Waals surface area contributed by atoms with Crippen molar-refractivity contribution in [2.24, 2.45) is 0 Å². The molecule has 0 aliphatic carbocycles. The lowest BCUT2D eigenvalue weighted by Crippen LogP contribution is -2.33. The van der Waals surface area contributed by atoms with Crippen LogP contribution in [0.5, 0.6) is 0 Å². The van der Waals surface area contributed by atoms with Crippen LogP contribution in [0.3, 0.4) is 0 Å². The lowest BCUT2D eigenvalue weighted by Gasteiger charge is -2.16. The number of pyridine rings is 1. The predicted octanol–water partition coefficient (Wildman–Crippen LogP) is 4.73. The number of fused-ring (bicyclic) bond motifs is 1. The zero-order valence-electron chi connectivity index (χ0n) is 19.7. The molecule has 9 heteroatoms. The molecule has 0 saturated heterocycles. The Balaban J connectivity index is 1.41. The minimum atomic E-state index is -3.77. The Labute approximate surface area is 210 Å². The van der Waals surface area contributed by atoms with E-state index in [0.717, 1.165) is 22.1 Å². The minimum Gasteiger partial charge on any atom is -0.301 e. The summed E-state index contributed by atoms with van der Waals surface area (Å²) in [6.45, 7) is 1.34. The molecule has 8 nitrogen and oxygen atoms in total. The maximum Gasteiger partial charge on any atom is 0.269 e. The van der Waals surface area contributed by atoms with Gasteiger partial charge in [0.05, 0.1) is 9.82 Å². The molecule has 0 saturated carbocycles. The quantitative estimate of drug-likeness (QED) is 0.248. The van der Waals surface area contributed by atoms with E-state index in [0.29, 0.717) is 18.5 Å². The Morgan fingerprint density at radius 2 is 1.78 bits per heavy atom. The van der Waals surface area contributed by atoms with E-state index in [1.165, 1.54) is 12.1 Å². The molecule has 1 aromatic heterocycles. The zero-order valence-corrected chi connectivity index (χ0v) is 20.6. The van der Waals surface area contributed by atoms with Crippen molar-refractivity contribution in [1.29, 1.82) is 0 Å². The fourth-order valence-electron chi connectivity index (χ4n) is 3.81. The molecule has 0 fully saturated rings. The first kappa shape index (κ1) is 25.2. The van der Waals surface area contributed by atoms with Gasteiger partial charge in [-0.15, -0.1) is 0 Å². The van der Waals surface area contributed by atoms with Crippen LogP contribution in [0.15, 0.2) is 96.2 Å². The predicted molar refractivity (Wildman–Crippen MR) is 142 cm³/mol. The van der Waals surface area contributed by atoms with Gasteiger partial charge in [0.2, 0.25) is 10.0 Å². The highest BCUT2D eigenvalue weighted by Gasteiger charge is 2.19. The van der Waals surface area contributed by atoms with E-state index in [4.69, 9.17) is 0 Å². The molecule has 0 atom stereocenters. The molecule has 184 valence electrons. The van der Waals surface area contributed by atoms with E-state index in [2.05, 4.69) is 9.71 Å². The van der Waals surface area contributed by atoms with Gasteiger partial charge in [-0.1, -0.05) is 42.5 Å². The first-order valence-electron chi connectivity index (χ1n) is 11.4. The van der Waals surface area contributed by atoms with Crippen LogP contribution >= 0.6 is 0 Å². The van der Waals surface area contributed by atoms with Crippen molar-refractivity contribution in [2.75, 3.05) is 26.7 Å². The molecule has 1 heterocycles. The van der Waals surface area contributed by atoms with E-state index in [9.17, 15) is 18.5 Å². The summed E-state index contributed by atoms with van der Waals surface area (Å²) in [5.74, 6) is 0. The number of nitro groups is 1. The molecule has 0 unspecified atom stereocenters. The van der Waals surface area contributed by atoms with Gasteiger partial charge in [0, 0.05) is 54.9 Å². The molecule has 0 bridgehead atoms. The number of benzene rings is 3. The Hall–Kier alpha value is -3.92. The highest BCUT2D eigenvalue weighted by molar-refractivity contribution is 7.89. The van der Waals surface area contributed by atoms with Gasteiger partial charge in [0.1, 0.15) is 0 Å². The Bertz CT molecular complexity index is 1490. The molecule has 0 aliphatic rings. The number of nitrogens with one attached hydrogen (secondary N) is 1. The number of nitro benzene ring substituents is 1. The van der Waals surface area contributed by atoms with E-state index < -0.39 is 14.9 Å². The van der Waals surface area contributed by atoms with E-state index >= 15 is 0 Å². The summed E-state index contributed by atoms with van der Waals surface area (Å²) in [6.07, 6.45) is 7.07. The summed E-state index contributed by atoms with van der Waals surface area (Å²) >= 11 is 0. The van der Waals surface area contributed by atoms with Gasteiger partial charge < -0.3 is 4.90 Å².